The van der Waals surface area contributed by atoms with E-state index in [1.165, 1.54) is 21.3 Å². The molecular weight excluding hydrogens is 457 g/mol. The summed E-state index contributed by atoms with van der Waals surface area (Å²) in [5.41, 5.74) is 0.530. The van der Waals surface area contributed by atoms with E-state index in [0.29, 0.717) is 11.4 Å². The van der Waals surface area contributed by atoms with Gasteiger partial charge in [-0.3, -0.25) is 4.79 Å². The number of hydrogen-bond donors (Lipinski definition) is 0. The molecule has 0 N–H and O–H groups in total. The summed E-state index contributed by atoms with van der Waals surface area (Å²) in [7, 11) is -3.62. The highest BCUT2D eigenvalue weighted by Crippen LogP contribution is 2.24. The van der Waals surface area contributed by atoms with Gasteiger partial charge in [-0.15, -0.1) is 0 Å². The van der Waals surface area contributed by atoms with Crippen LogP contribution in [0.1, 0.15) is 10.4 Å². The zero-order valence-electron chi connectivity index (χ0n) is 18.2. The van der Waals surface area contributed by atoms with Gasteiger partial charge in [-0.2, -0.15) is 9.40 Å². The minimum atomic E-state index is -3.62. The number of halogens is 1. The maximum Gasteiger partial charge on any atom is 0.259 e. The first-order valence-corrected chi connectivity index (χ1v) is 12.2. The Labute approximate surface area is 196 Å². The molecule has 5 rings (SSSR count). The minimum absolute atomic E-state index is 0.184. The zero-order chi connectivity index (χ0) is 23.7. The largest absolute Gasteiger partial charge is 0.336 e. The van der Waals surface area contributed by atoms with Crippen molar-refractivity contribution in [3.8, 4) is 11.5 Å². The third kappa shape index (κ3) is 3.91. The molecule has 0 spiro atoms. The molecule has 0 radical (unpaired) electrons. The van der Waals surface area contributed by atoms with Gasteiger partial charge in [0.25, 0.3) is 5.91 Å². The summed E-state index contributed by atoms with van der Waals surface area (Å²) in [5, 5.41) is 4.32. The van der Waals surface area contributed by atoms with Crippen LogP contribution in [0.25, 0.3) is 11.5 Å². The van der Waals surface area contributed by atoms with Crippen molar-refractivity contribution in [2.45, 2.75) is 4.90 Å². The second-order valence-corrected chi connectivity index (χ2v) is 9.78. The van der Waals surface area contributed by atoms with Crippen LogP contribution < -0.4 is 0 Å². The summed E-state index contributed by atoms with van der Waals surface area (Å²) in [6.07, 6.45) is 4.95. The van der Waals surface area contributed by atoms with E-state index in [2.05, 4.69) is 5.10 Å². The molecule has 2 aromatic heterocycles. The average molecular weight is 480 g/mol. The molecule has 1 amide bonds. The number of carbonyl (C=O) groups excluding carboxylic acids is 1. The molecule has 34 heavy (non-hydrogen) atoms. The number of hydrogen-bond acceptors (Lipinski definition) is 4. The first-order valence-electron chi connectivity index (χ1n) is 10.8. The number of rotatable bonds is 5. The van der Waals surface area contributed by atoms with Crippen LogP contribution in [0.2, 0.25) is 0 Å². The highest BCUT2D eigenvalue weighted by atomic mass is 32.2. The number of aromatic nitrogens is 3. The van der Waals surface area contributed by atoms with Gasteiger partial charge in [0, 0.05) is 38.6 Å². The molecule has 174 valence electrons. The van der Waals surface area contributed by atoms with Crippen molar-refractivity contribution < 1.29 is 17.6 Å². The Morgan fingerprint density at radius 1 is 0.853 bits per heavy atom. The Morgan fingerprint density at radius 2 is 1.50 bits per heavy atom. The molecule has 0 unspecified atom stereocenters. The van der Waals surface area contributed by atoms with Crippen molar-refractivity contribution in [1.29, 1.82) is 0 Å². The number of piperazine rings is 1. The summed E-state index contributed by atoms with van der Waals surface area (Å²) in [5.74, 6) is -0.333. The van der Waals surface area contributed by atoms with Gasteiger partial charge in [-0.1, -0.05) is 30.3 Å². The van der Waals surface area contributed by atoms with Gasteiger partial charge < -0.3 is 9.47 Å². The normalized spacial score (nSPS) is 14.9. The van der Waals surface area contributed by atoms with Gasteiger partial charge in [0.1, 0.15) is 17.1 Å². The molecule has 0 atom stereocenters. The van der Waals surface area contributed by atoms with E-state index in [0.717, 1.165) is 0 Å². The van der Waals surface area contributed by atoms with Crippen LogP contribution in [-0.4, -0.2) is 64.1 Å². The van der Waals surface area contributed by atoms with E-state index in [4.69, 9.17) is 0 Å². The number of sulfonamides is 1. The predicted molar refractivity (Wildman–Crippen MR) is 124 cm³/mol. The number of para-hydroxylation sites is 1. The molecule has 1 saturated heterocycles. The van der Waals surface area contributed by atoms with Crippen LogP contribution in [0.5, 0.6) is 0 Å². The Hall–Kier alpha value is -3.76. The second-order valence-electron chi connectivity index (χ2n) is 7.84. The van der Waals surface area contributed by atoms with Crippen LogP contribution in [0.15, 0.2) is 90.2 Å². The van der Waals surface area contributed by atoms with Crippen molar-refractivity contribution in [3.05, 3.63) is 96.7 Å². The van der Waals surface area contributed by atoms with Crippen molar-refractivity contribution in [3.63, 3.8) is 0 Å². The van der Waals surface area contributed by atoms with E-state index in [1.807, 2.05) is 0 Å². The maximum absolute atomic E-state index is 14.5. The lowest BCUT2D eigenvalue weighted by Crippen LogP contribution is -2.50. The first kappa shape index (κ1) is 22.1. The van der Waals surface area contributed by atoms with E-state index < -0.39 is 15.8 Å². The van der Waals surface area contributed by atoms with Crippen molar-refractivity contribution in [2.24, 2.45) is 0 Å². The van der Waals surface area contributed by atoms with Gasteiger partial charge in [-0.25, -0.2) is 17.5 Å². The molecule has 0 aliphatic carbocycles. The molecule has 4 aromatic rings. The molecule has 1 fully saturated rings. The Kier molecular flexibility index (Phi) is 5.76. The standard InChI is InChI=1S/C24H22FN5O3S/c25-21-10-4-5-11-22(21)30-23(27-12-6-7-13-27)20(18-26-30)24(31)28-14-16-29(17-15-28)34(32,33)19-8-2-1-3-9-19/h1-13,18H,14-17H2. The highest BCUT2D eigenvalue weighted by molar-refractivity contribution is 7.89. The summed E-state index contributed by atoms with van der Waals surface area (Å²) < 4.78 is 44.8. The van der Waals surface area contributed by atoms with Crippen LogP contribution in [0.4, 0.5) is 4.39 Å². The molecular formula is C24H22FN5O3S. The fourth-order valence-electron chi connectivity index (χ4n) is 4.06. The van der Waals surface area contributed by atoms with Crippen molar-refractivity contribution in [1.82, 2.24) is 23.6 Å². The van der Waals surface area contributed by atoms with Gasteiger partial charge >= 0.3 is 0 Å². The molecule has 1 aliphatic heterocycles. The van der Waals surface area contributed by atoms with Crippen LogP contribution in [0.3, 0.4) is 0 Å². The summed E-state index contributed by atoms with van der Waals surface area (Å²) in [6.45, 7) is 0.842. The van der Waals surface area contributed by atoms with E-state index in [9.17, 15) is 17.6 Å². The van der Waals surface area contributed by atoms with Crippen molar-refractivity contribution >= 4 is 15.9 Å². The Morgan fingerprint density at radius 3 is 2.18 bits per heavy atom. The molecule has 10 heteroatoms. The van der Waals surface area contributed by atoms with Gasteiger partial charge in [-0.05, 0) is 36.4 Å². The van der Waals surface area contributed by atoms with Gasteiger partial charge in [0.05, 0.1) is 11.1 Å². The number of nitrogens with zero attached hydrogens (tertiary/aromatic N) is 5. The Balaban J connectivity index is 1.42. The topological polar surface area (TPSA) is 80.4 Å². The molecule has 2 aromatic carbocycles. The van der Waals surface area contributed by atoms with E-state index >= 15 is 0 Å². The smallest absolute Gasteiger partial charge is 0.259 e. The van der Waals surface area contributed by atoms with Crippen LogP contribution >= 0.6 is 0 Å². The number of amides is 1. The van der Waals surface area contributed by atoms with E-state index in [-0.39, 0.29) is 42.7 Å². The maximum atomic E-state index is 14.5. The summed E-state index contributed by atoms with van der Waals surface area (Å²) in [6, 6.07) is 18.1. The lowest BCUT2D eigenvalue weighted by atomic mass is 10.2. The predicted octanol–water partition coefficient (Wildman–Crippen LogP) is 2.95. The molecule has 3 heterocycles. The molecule has 1 aliphatic rings. The second kappa shape index (κ2) is 8.88. The lowest BCUT2D eigenvalue weighted by molar-refractivity contribution is 0.0698. The third-order valence-electron chi connectivity index (χ3n) is 5.81. The van der Waals surface area contributed by atoms with E-state index in [1.54, 1.807) is 82.5 Å². The average Bonchev–Trinajstić information content (AvgIpc) is 3.54. The molecule has 0 saturated carbocycles. The van der Waals surface area contributed by atoms with Gasteiger partial charge in [0.2, 0.25) is 10.0 Å². The minimum Gasteiger partial charge on any atom is -0.336 e. The summed E-state index contributed by atoms with van der Waals surface area (Å²) >= 11 is 0. The van der Waals surface area contributed by atoms with Crippen molar-refractivity contribution in [2.75, 3.05) is 26.2 Å². The zero-order valence-corrected chi connectivity index (χ0v) is 19.0. The summed E-state index contributed by atoms with van der Waals surface area (Å²) in [4.78, 5) is 15.3. The molecule has 8 nitrogen and oxygen atoms in total. The van der Waals surface area contributed by atoms with Crippen LogP contribution in [-0.2, 0) is 10.0 Å². The SMILES string of the molecule is O=C(c1cnn(-c2ccccc2F)c1-n1cccc1)N1CCN(S(=O)(=O)c2ccccc2)CC1. The van der Waals surface area contributed by atoms with Gasteiger partial charge in [0.15, 0.2) is 5.82 Å². The monoisotopic (exact) mass is 479 g/mol. The third-order valence-corrected chi connectivity index (χ3v) is 7.72. The highest BCUT2D eigenvalue weighted by Gasteiger charge is 2.32. The molecule has 0 bridgehead atoms. The first-order chi connectivity index (χ1) is 16.5. The number of carbonyl (C=O) groups is 1. The van der Waals surface area contributed by atoms with Crippen LogP contribution in [0, 0.1) is 5.82 Å². The fourth-order valence-corrected chi connectivity index (χ4v) is 5.50. The lowest BCUT2D eigenvalue weighted by Gasteiger charge is -2.34. The fraction of sp³-hybridized carbons (Fsp3) is 0.167. The Bertz CT molecular complexity index is 1410. The number of benzene rings is 2. The quantitative estimate of drug-likeness (QED) is 0.441.